The van der Waals surface area contributed by atoms with Crippen molar-refractivity contribution in [2.24, 2.45) is 0 Å². The summed E-state index contributed by atoms with van der Waals surface area (Å²) in [5.41, 5.74) is 5.59. The van der Waals surface area contributed by atoms with Crippen molar-refractivity contribution >= 4 is 17.2 Å². The second-order valence-electron chi connectivity index (χ2n) is 9.63. The maximum Gasteiger partial charge on any atom is 0.251 e. The van der Waals surface area contributed by atoms with Crippen molar-refractivity contribution in [3.8, 4) is 17.0 Å². The van der Waals surface area contributed by atoms with Crippen molar-refractivity contribution in [3.05, 3.63) is 87.5 Å². The van der Waals surface area contributed by atoms with Gasteiger partial charge in [0.05, 0.1) is 25.0 Å². The van der Waals surface area contributed by atoms with Gasteiger partial charge >= 0.3 is 0 Å². The largest absolute Gasteiger partial charge is 0.497 e. The molecule has 0 saturated carbocycles. The molecule has 0 atom stereocenters. The van der Waals surface area contributed by atoms with Gasteiger partial charge in [0.2, 0.25) is 0 Å². The third kappa shape index (κ3) is 5.60. The SMILES string of the molecule is COc1cccc(-c2csc(C3(CNC(=O)c4ccc(Cn5nc(C)cc5C)cc4)CCOCC3)n2)c1. The zero-order chi connectivity index (χ0) is 25.8. The number of hydrogen-bond acceptors (Lipinski definition) is 6. The van der Waals surface area contributed by atoms with Gasteiger partial charge in [0.1, 0.15) is 10.8 Å². The molecule has 1 aliphatic rings. The molecule has 1 fully saturated rings. The minimum absolute atomic E-state index is 0.0758. The second-order valence-corrected chi connectivity index (χ2v) is 10.5. The lowest BCUT2D eigenvalue weighted by Crippen LogP contribution is -2.44. The number of nitrogens with zero attached hydrogens (tertiary/aromatic N) is 3. The summed E-state index contributed by atoms with van der Waals surface area (Å²) in [6, 6.07) is 17.8. The van der Waals surface area contributed by atoms with E-state index in [1.54, 1.807) is 18.4 Å². The number of carbonyl (C=O) groups is 1. The molecule has 37 heavy (non-hydrogen) atoms. The lowest BCUT2D eigenvalue weighted by molar-refractivity contribution is 0.0486. The Balaban J connectivity index is 1.28. The molecule has 0 unspecified atom stereocenters. The van der Waals surface area contributed by atoms with E-state index < -0.39 is 0 Å². The lowest BCUT2D eigenvalue weighted by atomic mass is 9.80. The Hall–Kier alpha value is -3.49. The Morgan fingerprint density at radius 1 is 1.14 bits per heavy atom. The molecule has 1 saturated heterocycles. The molecule has 2 aromatic heterocycles. The van der Waals surface area contributed by atoms with E-state index in [2.05, 4.69) is 28.8 Å². The van der Waals surface area contributed by atoms with Gasteiger partial charge in [-0.1, -0.05) is 24.3 Å². The van der Waals surface area contributed by atoms with Crippen molar-refractivity contribution in [2.45, 2.75) is 38.6 Å². The summed E-state index contributed by atoms with van der Waals surface area (Å²) in [5.74, 6) is 0.731. The molecule has 7 nitrogen and oxygen atoms in total. The molecule has 1 N–H and O–H groups in total. The third-order valence-electron chi connectivity index (χ3n) is 7.01. The highest BCUT2D eigenvalue weighted by molar-refractivity contribution is 7.10. The Morgan fingerprint density at radius 2 is 1.92 bits per heavy atom. The fourth-order valence-corrected chi connectivity index (χ4v) is 5.87. The van der Waals surface area contributed by atoms with Crippen LogP contribution in [0.5, 0.6) is 5.75 Å². The van der Waals surface area contributed by atoms with Gasteiger partial charge in [-0.25, -0.2) is 4.98 Å². The first-order chi connectivity index (χ1) is 18.0. The molecule has 4 aromatic rings. The molecule has 0 aliphatic carbocycles. The summed E-state index contributed by atoms with van der Waals surface area (Å²) < 4.78 is 13.0. The molecular formula is C29H32N4O3S. The van der Waals surface area contributed by atoms with Gasteiger partial charge in [-0.15, -0.1) is 11.3 Å². The van der Waals surface area contributed by atoms with E-state index in [0.29, 0.717) is 31.9 Å². The highest BCUT2D eigenvalue weighted by atomic mass is 32.1. The number of amides is 1. The minimum atomic E-state index is -0.245. The molecule has 0 spiro atoms. The fourth-order valence-electron chi connectivity index (χ4n) is 4.78. The summed E-state index contributed by atoms with van der Waals surface area (Å²) in [6.07, 6.45) is 1.64. The minimum Gasteiger partial charge on any atom is -0.497 e. The predicted octanol–water partition coefficient (Wildman–Crippen LogP) is 5.16. The third-order valence-corrected chi connectivity index (χ3v) is 8.10. The second kappa shape index (κ2) is 10.9. The van der Waals surface area contributed by atoms with Crippen LogP contribution >= 0.6 is 11.3 Å². The van der Waals surface area contributed by atoms with E-state index >= 15 is 0 Å². The van der Waals surface area contributed by atoms with Crippen LogP contribution in [0.2, 0.25) is 0 Å². The Morgan fingerprint density at radius 3 is 2.62 bits per heavy atom. The van der Waals surface area contributed by atoms with Crippen LogP contribution in [0.3, 0.4) is 0 Å². The molecule has 3 heterocycles. The van der Waals surface area contributed by atoms with Gasteiger partial charge in [-0.3, -0.25) is 9.48 Å². The number of carbonyl (C=O) groups excluding carboxylic acids is 1. The van der Waals surface area contributed by atoms with Gasteiger partial charge in [-0.05, 0) is 62.6 Å². The number of ether oxygens (including phenoxy) is 2. The number of nitrogens with one attached hydrogen (secondary N) is 1. The average molecular weight is 517 g/mol. The van der Waals surface area contributed by atoms with Gasteiger partial charge in [0, 0.05) is 47.4 Å². The van der Waals surface area contributed by atoms with E-state index in [1.807, 2.05) is 60.1 Å². The first-order valence-corrected chi connectivity index (χ1v) is 13.4. The van der Waals surface area contributed by atoms with Crippen molar-refractivity contribution in [3.63, 3.8) is 0 Å². The highest BCUT2D eigenvalue weighted by Gasteiger charge is 2.38. The Labute approximate surface area is 221 Å². The Kier molecular flexibility index (Phi) is 7.39. The monoisotopic (exact) mass is 516 g/mol. The highest BCUT2D eigenvalue weighted by Crippen LogP contribution is 2.38. The summed E-state index contributed by atoms with van der Waals surface area (Å²) in [7, 11) is 1.67. The zero-order valence-corrected chi connectivity index (χ0v) is 22.3. The molecule has 0 radical (unpaired) electrons. The van der Waals surface area contributed by atoms with E-state index in [9.17, 15) is 4.79 Å². The first-order valence-electron chi connectivity index (χ1n) is 12.5. The van der Waals surface area contributed by atoms with Crippen molar-refractivity contribution < 1.29 is 14.3 Å². The maximum absolute atomic E-state index is 13.1. The number of aryl methyl sites for hydroxylation is 2. The number of thiazole rings is 1. The first kappa shape index (κ1) is 25.2. The van der Waals surface area contributed by atoms with Crippen molar-refractivity contribution in [2.75, 3.05) is 26.9 Å². The smallest absolute Gasteiger partial charge is 0.251 e. The van der Waals surface area contributed by atoms with Crippen molar-refractivity contribution in [1.29, 1.82) is 0 Å². The predicted molar refractivity (Wildman–Crippen MR) is 145 cm³/mol. The average Bonchev–Trinajstić information content (AvgIpc) is 3.55. The quantitative estimate of drug-likeness (QED) is 0.350. The molecule has 1 amide bonds. The van der Waals surface area contributed by atoms with Crippen LogP contribution < -0.4 is 10.1 Å². The molecular weight excluding hydrogens is 484 g/mol. The van der Waals surface area contributed by atoms with Crippen LogP contribution in [-0.4, -0.2) is 47.5 Å². The van der Waals surface area contributed by atoms with Crippen LogP contribution in [0, 0.1) is 13.8 Å². The zero-order valence-electron chi connectivity index (χ0n) is 21.5. The standard InChI is InChI=1S/C29H32N4O3S/c1-20-15-21(2)33(32-20)17-22-7-9-23(10-8-22)27(34)30-19-29(11-13-36-14-12-29)28-31-26(18-37-28)24-5-4-6-25(16-24)35-3/h4-10,15-16,18H,11-14,17,19H2,1-3H3,(H,30,34). The van der Waals surface area contributed by atoms with E-state index in [1.165, 1.54) is 0 Å². The van der Waals surface area contributed by atoms with Crippen LogP contribution in [0.25, 0.3) is 11.3 Å². The van der Waals surface area contributed by atoms with Crippen molar-refractivity contribution in [1.82, 2.24) is 20.1 Å². The number of hydrogen-bond donors (Lipinski definition) is 1. The topological polar surface area (TPSA) is 78.3 Å². The summed E-state index contributed by atoms with van der Waals surface area (Å²) in [5, 5.41) is 10.8. The Bertz CT molecular complexity index is 1370. The molecule has 5 rings (SSSR count). The number of benzene rings is 2. The van der Waals surface area contributed by atoms with Gasteiger partial charge in [0.25, 0.3) is 5.91 Å². The molecule has 2 aromatic carbocycles. The maximum atomic E-state index is 13.1. The van der Waals surface area contributed by atoms with Gasteiger partial charge in [-0.2, -0.15) is 5.10 Å². The fraction of sp³-hybridized carbons (Fsp3) is 0.345. The number of aromatic nitrogens is 3. The van der Waals surface area contributed by atoms with E-state index in [-0.39, 0.29) is 11.3 Å². The summed E-state index contributed by atoms with van der Waals surface area (Å²) in [6.45, 7) is 6.57. The van der Waals surface area contributed by atoms with Crippen LogP contribution in [0.4, 0.5) is 0 Å². The van der Waals surface area contributed by atoms with Crippen LogP contribution in [0.15, 0.2) is 60.0 Å². The molecule has 0 bridgehead atoms. The molecule has 1 aliphatic heterocycles. The lowest BCUT2D eigenvalue weighted by Gasteiger charge is -2.35. The van der Waals surface area contributed by atoms with E-state index in [4.69, 9.17) is 14.5 Å². The van der Waals surface area contributed by atoms with Crippen LogP contribution in [-0.2, 0) is 16.7 Å². The van der Waals surface area contributed by atoms with Gasteiger partial charge in [0.15, 0.2) is 0 Å². The molecule has 192 valence electrons. The van der Waals surface area contributed by atoms with Crippen LogP contribution in [0.1, 0.15) is 45.2 Å². The number of methoxy groups -OCH3 is 1. The van der Waals surface area contributed by atoms with E-state index in [0.717, 1.165) is 51.8 Å². The number of rotatable bonds is 8. The summed E-state index contributed by atoms with van der Waals surface area (Å²) in [4.78, 5) is 18.1. The normalized spacial score (nSPS) is 14.9. The van der Waals surface area contributed by atoms with Gasteiger partial charge < -0.3 is 14.8 Å². The molecule has 8 heteroatoms. The summed E-state index contributed by atoms with van der Waals surface area (Å²) >= 11 is 1.65.